The lowest BCUT2D eigenvalue weighted by atomic mass is 9.71. The normalized spacial score (nSPS) is 20.1. The fraction of sp³-hybridized carbons (Fsp3) is 0.533. The van der Waals surface area contributed by atoms with Crippen LogP contribution in [0.4, 0.5) is 0 Å². The van der Waals surface area contributed by atoms with Crippen LogP contribution in [0.2, 0.25) is 0 Å². The highest BCUT2D eigenvalue weighted by Gasteiger charge is 2.36. The number of benzene rings is 1. The van der Waals surface area contributed by atoms with Crippen LogP contribution < -0.4 is 5.69 Å². The Bertz CT molecular complexity index is 685. The van der Waals surface area contributed by atoms with Crippen molar-refractivity contribution >= 4 is 38.6 Å². The summed E-state index contributed by atoms with van der Waals surface area (Å²) in [5.74, 6) is 0. The zero-order valence-corrected chi connectivity index (χ0v) is 13.8. The van der Waals surface area contributed by atoms with Gasteiger partial charge in [-0.2, -0.15) is 0 Å². The Kier molecular flexibility index (Phi) is 3.71. The van der Waals surface area contributed by atoms with E-state index in [0.29, 0.717) is 0 Å². The van der Waals surface area contributed by atoms with Crippen molar-refractivity contribution in [1.29, 1.82) is 0 Å². The van der Waals surface area contributed by atoms with Gasteiger partial charge in [-0.1, -0.05) is 42.1 Å². The Morgan fingerprint density at radius 1 is 1.20 bits per heavy atom. The molecule has 108 valence electrons. The van der Waals surface area contributed by atoms with Crippen LogP contribution in [0.25, 0.3) is 11.0 Å². The van der Waals surface area contributed by atoms with E-state index in [1.807, 2.05) is 12.1 Å². The van der Waals surface area contributed by atoms with E-state index in [9.17, 15) is 4.79 Å². The van der Waals surface area contributed by atoms with E-state index in [-0.39, 0.29) is 16.5 Å². The molecular weight excluding hydrogens is 340 g/mol. The fourth-order valence-corrected chi connectivity index (χ4v) is 4.36. The van der Waals surface area contributed by atoms with E-state index in [4.69, 9.17) is 11.6 Å². The zero-order valence-electron chi connectivity index (χ0n) is 11.4. The van der Waals surface area contributed by atoms with Crippen molar-refractivity contribution in [1.82, 2.24) is 9.97 Å². The molecule has 3 nitrogen and oxygen atoms in total. The van der Waals surface area contributed by atoms with Crippen LogP contribution >= 0.6 is 27.5 Å². The van der Waals surface area contributed by atoms with Crippen molar-refractivity contribution in [3.63, 3.8) is 0 Å². The van der Waals surface area contributed by atoms with Gasteiger partial charge >= 0.3 is 5.69 Å². The van der Waals surface area contributed by atoms with E-state index in [0.717, 1.165) is 33.9 Å². The Morgan fingerprint density at radius 3 is 2.45 bits per heavy atom. The molecule has 3 rings (SSSR count). The van der Waals surface area contributed by atoms with Crippen LogP contribution in [0.3, 0.4) is 0 Å². The predicted molar refractivity (Wildman–Crippen MR) is 86.4 cm³/mol. The van der Waals surface area contributed by atoms with Gasteiger partial charge in [-0.05, 0) is 36.0 Å². The molecule has 1 aliphatic rings. The summed E-state index contributed by atoms with van der Waals surface area (Å²) in [6.07, 6.45) is 6.14. The molecule has 2 aromatic rings. The maximum Gasteiger partial charge on any atom is 0.323 e. The molecule has 1 unspecified atom stereocenters. The van der Waals surface area contributed by atoms with Crippen molar-refractivity contribution in [2.45, 2.75) is 44.4 Å². The molecule has 0 bridgehead atoms. The summed E-state index contributed by atoms with van der Waals surface area (Å²) in [5, 5.41) is -0.0417. The summed E-state index contributed by atoms with van der Waals surface area (Å²) in [6, 6.07) is 3.93. The lowest BCUT2D eigenvalue weighted by Gasteiger charge is -2.38. The molecule has 0 aliphatic heterocycles. The Labute approximate surface area is 131 Å². The first kappa shape index (κ1) is 14.2. The minimum Gasteiger partial charge on any atom is -0.306 e. The molecule has 0 spiro atoms. The van der Waals surface area contributed by atoms with Gasteiger partial charge in [0.1, 0.15) is 0 Å². The molecule has 2 N–H and O–H groups in total. The standard InChI is InChI=1S/C15H18BrClN2O/c1-15(5-3-2-4-6-15)13(17)9-7-11-12(8-10(9)16)19-14(20)18-11/h7-8,13H,2-6H2,1H3,(H2,18,19,20). The van der Waals surface area contributed by atoms with Gasteiger partial charge in [0.05, 0.1) is 16.4 Å². The van der Waals surface area contributed by atoms with Crippen molar-refractivity contribution in [3.8, 4) is 0 Å². The predicted octanol–water partition coefficient (Wildman–Crippen LogP) is 4.87. The minimum absolute atomic E-state index is 0.0417. The van der Waals surface area contributed by atoms with Gasteiger partial charge in [0.2, 0.25) is 0 Å². The maximum absolute atomic E-state index is 11.4. The Hall–Kier alpha value is -0.740. The summed E-state index contributed by atoms with van der Waals surface area (Å²) in [5.41, 5.74) is 2.64. The maximum atomic E-state index is 11.4. The van der Waals surface area contributed by atoms with E-state index in [1.165, 1.54) is 19.3 Å². The lowest BCUT2D eigenvalue weighted by molar-refractivity contribution is 0.206. The van der Waals surface area contributed by atoms with E-state index >= 15 is 0 Å². The van der Waals surface area contributed by atoms with Crippen molar-refractivity contribution < 1.29 is 0 Å². The molecule has 5 heteroatoms. The average Bonchev–Trinajstić information content (AvgIpc) is 2.77. The molecule has 1 saturated carbocycles. The van der Waals surface area contributed by atoms with E-state index < -0.39 is 0 Å². The average molecular weight is 358 g/mol. The largest absolute Gasteiger partial charge is 0.323 e. The molecule has 1 aromatic carbocycles. The second-order valence-corrected chi connectivity index (χ2v) is 7.37. The number of fused-ring (bicyclic) bond motifs is 1. The van der Waals surface area contributed by atoms with Crippen molar-refractivity contribution in [2.24, 2.45) is 5.41 Å². The monoisotopic (exact) mass is 356 g/mol. The summed E-state index contributed by atoms with van der Waals surface area (Å²) in [4.78, 5) is 17.0. The third kappa shape index (κ3) is 2.44. The molecular formula is C15H18BrClN2O. The second kappa shape index (κ2) is 5.23. The Morgan fingerprint density at radius 2 is 1.80 bits per heavy atom. The minimum atomic E-state index is -0.181. The second-order valence-electron chi connectivity index (χ2n) is 6.08. The number of aromatic nitrogens is 2. The number of rotatable bonds is 2. The van der Waals surface area contributed by atoms with Gasteiger partial charge in [-0.25, -0.2) is 4.79 Å². The Balaban J connectivity index is 2.03. The van der Waals surface area contributed by atoms with Gasteiger partial charge in [0.15, 0.2) is 0 Å². The number of hydrogen-bond donors (Lipinski definition) is 2. The number of nitrogens with one attached hydrogen (secondary N) is 2. The van der Waals surface area contributed by atoms with Crippen LogP contribution in [0.15, 0.2) is 21.4 Å². The lowest BCUT2D eigenvalue weighted by Crippen LogP contribution is -2.25. The molecule has 1 fully saturated rings. The highest BCUT2D eigenvalue weighted by molar-refractivity contribution is 9.10. The van der Waals surface area contributed by atoms with Crippen molar-refractivity contribution in [3.05, 3.63) is 32.7 Å². The van der Waals surface area contributed by atoms with E-state index in [1.54, 1.807) is 0 Å². The van der Waals surface area contributed by atoms with Gasteiger partial charge in [0, 0.05) is 4.47 Å². The van der Waals surface area contributed by atoms with Crippen LogP contribution in [-0.4, -0.2) is 9.97 Å². The first-order chi connectivity index (χ1) is 9.49. The molecule has 0 saturated heterocycles. The van der Waals surface area contributed by atoms with Gasteiger partial charge in [-0.3, -0.25) is 0 Å². The third-order valence-corrected chi connectivity index (χ3v) is 5.96. The van der Waals surface area contributed by atoms with Crippen molar-refractivity contribution in [2.75, 3.05) is 0 Å². The van der Waals surface area contributed by atoms with Gasteiger partial charge in [-0.15, -0.1) is 11.6 Å². The molecule has 1 aromatic heterocycles. The number of halogens is 2. The molecule has 0 radical (unpaired) electrons. The topological polar surface area (TPSA) is 48.6 Å². The number of imidazole rings is 1. The van der Waals surface area contributed by atoms with E-state index in [2.05, 4.69) is 32.8 Å². The number of aromatic amines is 2. The molecule has 20 heavy (non-hydrogen) atoms. The summed E-state index contributed by atoms with van der Waals surface area (Å²) < 4.78 is 0.965. The SMILES string of the molecule is CC1(C(Cl)c2cc3[nH]c(=O)[nH]c3cc2Br)CCCCC1. The number of hydrogen-bond acceptors (Lipinski definition) is 1. The van der Waals surface area contributed by atoms with Gasteiger partial charge < -0.3 is 9.97 Å². The van der Waals surface area contributed by atoms with Crippen LogP contribution in [0, 0.1) is 5.41 Å². The molecule has 1 aliphatic carbocycles. The summed E-state index contributed by atoms with van der Waals surface area (Å²) in [6.45, 7) is 2.28. The fourth-order valence-electron chi connectivity index (χ4n) is 3.26. The van der Waals surface area contributed by atoms with Gasteiger partial charge in [0.25, 0.3) is 0 Å². The zero-order chi connectivity index (χ0) is 14.3. The molecule has 1 atom stereocenters. The smallest absolute Gasteiger partial charge is 0.306 e. The highest BCUT2D eigenvalue weighted by atomic mass is 79.9. The van der Waals surface area contributed by atoms with Crippen LogP contribution in [0.5, 0.6) is 0 Å². The third-order valence-electron chi connectivity index (χ3n) is 4.51. The first-order valence-corrected chi connectivity index (χ1v) is 8.28. The summed E-state index contributed by atoms with van der Waals surface area (Å²) in [7, 11) is 0. The number of alkyl halides is 1. The first-order valence-electron chi connectivity index (χ1n) is 7.05. The van der Waals surface area contributed by atoms with Crippen LogP contribution in [-0.2, 0) is 0 Å². The summed E-state index contributed by atoms with van der Waals surface area (Å²) >= 11 is 10.4. The highest BCUT2D eigenvalue weighted by Crippen LogP contribution is 2.50. The quantitative estimate of drug-likeness (QED) is 0.740. The molecule has 0 amide bonds. The molecule has 1 heterocycles. The number of H-pyrrole nitrogens is 2. The van der Waals surface area contributed by atoms with Crippen LogP contribution in [0.1, 0.15) is 50.0 Å².